The average molecular weight is 156 g/mol. The van der Waals surface area contributed by atoms with Gasteiger partial charge in [-0.05, 0) is 25.0 Å². The molecular weight excluding hydrogens is 146 g/mol. The highest BCUT2D eigenvalue weighted by atomic mass is 35.5. The van der Waals surface area contributed by atoms with Gasteiger partial charge in [0.05, 0.1) is 0 Å². The van der Waals surface area contributed by atoms with Crippen LogP contribution in [0.15, 0.2) is 12.3 Å². The lowest BCUT2D eigenvalue weighted by molar-refractivity contribution is 1.03. The Hall–Kier alpha value is -0.560. The average Bonchev–Trinajstić information content (AvgIpc) is 1.95. The van der Waals surface area contributed by atoms with Crippen molar-refractivity contribution in [1.29, 1.82) is 0 Å². The first-order chi connectivity index (χ1) is 4.74. The fourth-order valence-corrected chi connectivity index (χ4v) is 0.907. The Labute approximate surface area is 66.0 Å². The van der Waals surface area contributed by atoms with Crippen molar-refractivity contribution in [2.75, 3.05) is 0 Å². The molecule has 1 aromatic rings. The normalized spacial score (nSPS) is 9.90. The Morgan fingerprint density at radius 1 is 1.60 bits per heavy atom. The molecule has 0 fully saturated rings. The minimum absolute atomic E-state index is 0.812. The summed E-state index contributed by atoms with van der Waals surface area (Å²) in [5.74, 6) is 0. The highest BCUT2D eigenvalue weighted by Gasteiger charge is 1.95. The van der Waals surface area contributed by atoms with Crippen LogP contribution in [0.3, 0.4) is 0 Å². The standard InChI is InChI=1S/C8H10ClN/c1-3-7-4-8(9)6(2)5-10-7/h4-5H,3H2,1-2H3. The van der Waals surface area contributed by atoms with Crippen LogP contribution in [0, 0.1) is 6.92 Å². The second-order valence-corrected chi connectivity index (χ2v) is 2.69. The number of nitrogens with zero attached hydrogens (tertiary/aromatic N) is 1. The SMILES string of the molecule is CCc1cc(Cl)c(C)cn1. The minimum atomic E-state index is 0.812. The summed E-state index contributed by atoms with van der Waals surface area (Å²) in [6, 6.07) is 1.91. The maximum Gasteiger partial charge on any atom is 0.0468 e. The summed E-state index contributed by atoms with van der Waals surface area (Å²) in [4.78, 5) is 4.17. The third-order valence-corrected chi connectivity index (χ3v) is 1.86. The second kappa shape index (κ2) is 3.02. The van der Waals surface area contributed by atoms with Crippen LogP contribution < -0.4 is 0 Å². The van der Waals surface area contributed by atoms with E-state index in [1.165, 1.54) is 0 Å². The third-order valence-electron chi connectivity index (χ3n) is 1.46. The monoisotopic (exact) mass is 155 g/mol. The largest absolute Gasteiger partial charge is 0.261 e. The molecule has 0 aromatic carbocycles. The number of aryl methyl sites for hydroxylation is 2. The molecule has 0 atom stereocenters. The molecule has 1 nitrogen and oxygen atoms in total. The second-order valence-electron chi connectivity index (χ2n) is 2.28. The van der Waals surface area contributed by atoms with Crippen LogP contribution in [0.4, 0.5) is 0 Å². The molecule has 0 spiro atoms. The van der Waals surface area contributed by atoms with Crippen LogP contribution in [-0.2, 0) is 6.42 Å². The van der Waals surface area contributed by atoms with Crippen molar-refractivity contribution in [2.24, 2.45) is 0 Å². The van der Waals surface area contributed by atoms with Gasteiger partial charge in [-0.3, -0.25) is 4.98 Å². The van der Waals surface area contributed by atoms with E-state index in [4.69, 9.17) is 11.6 Å². The molecule has 0 bridgehead atoms. The number of hydrogen-bond donors (Lipinski definition) is 0. The van der Waals surface area contributed by atoms with Gasteiger partial charge in [-0.25, -0.2) is 0 Å². The van der Waals surface area contributed by atoms with Gasteiger partial charge >= 0.3 is 0 Å². The maximum atomic E-state index is 5.85. The fourth-order valence-electron chi connectivity index (χ4n) is 0.732. The molecule has 0 aliphatic rings. The van der Waals surface area contributed by atoms with Gasteiger partial charge in [-0.1, -0.05) is 18.5 Å². The zero-order valence-electron chi connectivity index (χ0n) is 6.19. The van der Waals surface area contributed by atoms with Crippen LogP contribution in [-0.4, -0.2) is 4.98 Å². The number of pyridine rings is 1. The Kier molecular flexibility index (Phi) is 2.28. The van der Waals surface area contributed by atoms with E-state index in [0.717, 1.165) is 22.7 Å². The van der Waals surface area contributed by atoms with Crippen LogP contribution in [0.5, 0.6) is 0 Å². The lowest BCUT2D eigenvalue weighted by Gasteiger charge is -1.98. The summed E-state index contributed by atoms with van der Waals surface area (Å²) in [6.07, 6.45) is 2.75. The first-order valence-corrected chi connectivity index (χ1v) is 3.73. The molecule has 54 valence electrons. The molecule has 2 heteroatoms. The minimum Gasteiger partial charge on any atom is -0.261 e. The molecule has 1 aromatic heterocycles. The zero-order valence-corrected chi connectivity index (χ0v) is 6.94. The highest BCUT2D eigenvalue weighted by molar-refractivity contribution is 6.31. The summed E-state index contributed by atoms with van der Waals surface area (Å²) in [5, 5.41) is 0.812. The first-order valence-electron chi connectivity index (χ1n) is 3.35. The van der Waals surface area contributed by atoms with Crippen LogP contribution >= 0.6 is 11.6 Å². The van der Waals surface area contributed by atoms with Crippen molar-refractivity contribution in [2.45, 2.75) is 20.3 Å². The van der Waals surface area contributed by atoms with Gasteiger partial charge in [-0.2, -0.15) is 0 Å². The first kappa shape index (κ1) is 7.55. The molecule has 0 aliphatic carbocycles. The number of halogens is 1. The Morgan fingerprint density at radius 2 is 2.30 bits per heavy atom. The highest BCUT2D eigenvalue weighted by Crippen LogP contribution is 2.14. The van der Waals surface area contributed by atoms with Crippen LogP contribution in [0.1, 0.15) is 18.2 Å². The van der Waals surface area contributed by atoms with Gasteiger partial charge in [0.1, 0.15) is 0 Å². The summed E-state index contributed by atoms with van der Waals surface area (Å²) in [5.41, 5.74) is 2.09. The lowest BCUT2D eigenvalue weighted by Crippen LogP contribution is -1.87. The summed E-state index contributed by atoms with van der Waals surface area (Å²) < 4.78 is 0. The van der Waals surface area contributed by atoms with E-state index in [-0.39, 0.29) is 0 Å². The summed E-state index contributed by atoms with van der Waals surface area (Å²) >= 11 is 5.85. The van der Waals surface area contributed by atoms with Crippen molar-refractivity contribution >= 4 is 11.6 Å². The van der Waals surface area contributed by atoms with E-state index in [2.05, 4.69) is 11.9 Å². The quantitative estimate of drug-likeness (QED) is 0.608. The Bertz CT molecular complexity index is 233. The molecule has 10 heavy (non-hydrogen) atoms. The van der Waals surface area contributed by atoms with Crippen molar-refractivity contribution < 1.29 is 0 Å². The van der Waals surface area contributed by atoms with Crippen LogP contribution in [0.2, 0.25) is 5.02 Å². The molecule has 1 rings (SSSR count). The van der Waals surface area contributed by atoms with E-state index in [0.29, 0.717) is 0 Å². The van der Waals surface area contributed by atoms with E-state index >= 15 is 0 Å². The molecule has 0 radical (unpaired) electrons. The third kappa shape index (κ3) is 1.48. The van der Waals surface area contributed by atoms with Gasteiger partial charge in [-0.15, -0.1) is 0 Å². The smallest absolute Gasteiger partial charge is 0.0468 e. The van der Waals surface area contributed by atoms with E-state index in [1.54, 1.807) is 6.20 Å². The van der Waals surface area contributed by atoms with Crippen molar-refractivity contribution in [3.63, 3.8) is 0 Å². The molecule has 0 aliphatic heterocycles. The number of aromatic nitrogens is 1. The van der Waals surface area contributed by atoms with Gasteiger partial charge in [0, 0.05) is 16.9 Å². The zero-order chi connectivity index (χ0) is 7.56. The fraction of sp³-hybridized carbons (Fsp3) is 0.375. The van der Waals surface area contributed by atoms with E-state index < -0.39 is 0 Å². The molecular formula is C8H10ClN. The predicted molar refractivity (Wildman–Crippen MR) is 43.4 cm³/mol. The lowest BCUT2D eigenvalue weighted by atomic mass is 10.2. The van der Waals surface area contributed by atoms with E-state index in [1.807, 2.05) is 13.0 Å². The van der Waals surface area contributed by atoms with E-state index in [9.17, 15) is 0 Å². The van der Waals surface area contributed by atoms with Gasteiger partial charge in [0.25, 0.3) is 0 Å². The van der Waals surface area contributed by atoms with Crippen molar-refractivity contribution in [3.8, 4) is 0 Å². The molecule has 0 saturated heterocycles. The Morgan fingerprint density at radius 3 is 2.80 bits per heavy atom. The number of rotatable bonds is 1. The maximum absolute atomic E-state index is 5.85. The van der Waals surface area contributed by atoms with Gasteiger partial charge < -0.3 is 0 Å². The Balaban J connectivity index is 3.04. The van der Waals surface area contributed by atoms with Crippen molar-refractivity contribution in [1.82, 2.24) is 4.98 Å². The van der Waals surface area contributed by atoms with Crippen LogP contribution in [0.25, 0.3) is 0 Å². The number of hydrogen-bond acceptors (Lipinski definition) is 1. The topological polar surface area (TPSA) is 12.9 Å². The summed E-state index contributed by atoms with van der Waals surface area (Å²) in [7, 11) is 0. The summed E-state index contributed by atoms with van der Waals surface area (Å²) in [6.45, 7) is 4.02. The molecule has 0 saturated carbocycles. The van der Waals surface area contributed by atoms with Gasteiger partial charge in [0.2, 0.25) is 0 Å². The molecule has 1 heterocycles. The predicted octanol–water partition coefficient (Wildman–Crippen LogP) is 2.61. The van der Waals surface area contributed by atoms with Crippen molar-refractivity contribution in [3.05, 3.63) is 28.5 Å². The molecule has 0 unspecified atom stereocenters. The van der Waals surface area contributed by atoms with Gasteiger partial charge in [0.15, 0.2) is 0 Å². The molecule has 0 amide bonds. The molecule has 0 N–H and O–H groups in total.